The van der Waals surface area contributed by atoms with Crippen molar-refractivity contribution in [3.05, 3.63) is 64.6 Å². The fourth-order valence-corrected chi connectivity index (χ4v) is 5.24. The Balaban J connectivity index is 1.88. The monoisotopic (exact) mass is 466 g/mol. The van der Waals surface area contributed by atoms with Crippen LogP contribution in [0.25, 0.3) is 0 Å². The zero-order chi connectivity index (χ0) is 20.3. The molecule has 3 rings (SSSR count). The van der Waals surface area contributed by atoms with Crippen LogP contribution in [0.15, 0.2) is 64.0 Å². The number of carbonyl (C=O) groups is 2. The van der Waals surface area contributed by atoms with Gasteiger partial charge in [0.15, 0.2) is 0 Å². The molecule has 0 spiro atoms. The number of nitrogens with zero attached hydrogens (tertiary/aromatic N) is 2. The first-order valence-electron chi connectivity index (χ1n) is 8.61. The fraction of sp³-hybridized carbons (Fsp3) is 0.263. The van der Waals surface area contributed by atoms with Crippen LogP contribution in [0, 0.1) is 0 Å². The number of rotatable bonds is 6. The van der Waals surface area contributed by atoms with Crippen molar-refractivity contribution in [3.63, 3.8) is 0 Å². The predicted octanol–water partition coefficient (Wildman–Crippen LogP) is 2.33. The number of piperazine rings is 1. The van der Waals surface area contributed by atoms with Gasteiger partial charge >= 0.3 is 5.97 Å². The molecule has 0 saturated carbocycles. The van der Waals surface area contributed by atoms with Crippen molar-refractivity contribution in [2.24, 2.45) is 0 Å². The zero-order valence-corrected chi connectivity index (χ0v) is 17.3. The third-order valence-corrected chi connectivity index (χ3v) is 6.93. The van der Waals surface area contributed by atoms with Crippen LogP contribution >= 0.6 is 15.9 Å². The molecule has 7 nitrogen and oxygen atoms in total. The largest absolute Gasteiger partial charge is 0.481 e. The van der Waals surface area contributed by atoms with Gasteiger partial charge in [-0.2, -0.15) is 4.31 Å². The van der Waals surface area contributed by atoms with Crippen LogP contribution in [0.5, 0.6) is 0 Å². The molecule has 0 bridgehead atoms. The molecular weight excluding hydrogens is 448 g/mol. The second kappa shape index (κ2) is 8.42. The molecule has 1 heterocycles. The number of hydrogen-bond acceptors (Lipinski definition) is 4. The second-order valence-electron chi connectivity index (χ2n) is 6.43. The summed E-state index contributed by atoms with van der Waals surface area (Å²) >= 11 is 3.38. The number of aliphatic carboxylic acids is 1. The van der Waals surface area contributed by atoms with Gasteiger partial charge in [0.05, 0.1) is 11.3 Å². The van der Waals surface area contributed by atoms with Gasteiger partial charge in [0, 0.05) is 24.1 Å². The maximum absolute atomic E-state index is 13.0. The molecule has 0 radical (unpaired) electrons. The van der Waals surface area contributed by atoms with E-state index in [-0.39, 0.29) is 24.5 Å². The minimum atomic E-state index is -3.98. The smallest absolute Gasteiger partial charge is 0.305 e. The van der Waals surface area contributed by atoms with E-state index >= 15 is 0 Å². The summed E-state index contributed by atoms with van der Waals surface area (Å²) < 4.78 is 27.9. The van der Waals surface area contributed by atoms with Crippen LogP contribution in [0.3, 0.4) is 0 Å². The van der Waals surface area contributed by atoms with Crippen LogP contribution in [-0.4, -0.2) is 53.7 Å². The number of carbonyl (C=O) groups excluding carboxylic acids is 1. The maximum Gasteiger partial charge on any atom is 0.305 e. The lowest BCUT2D eigenvalue weighted by Crippen LogP contribution is -2.58. The average Bonchev–Trinajstić information content (AvgIpc) is 2.65. The molecule has 1 unspecified atom stereocenters. The summed E-state index contributed by atoms with van der Waals surface area (Å²) in [7, 11) is -3.98. The summed E-state index contributed by atoms with van der Waals surface area (Å²) in [6, 6.07) is 13.9. The van der Waals surface area contributed by atoms with Crippen molar-refractivity contribution in [1.82, 2.24) is 9.21 Å². The molecule has 2 aromatic rings. The van der Waals surface area contributed by atoms with E-state index in [1.807, 2.05) is 24.3 Å². The Morgan fingerprint density at radius 2 is 1.82 bits per heavy atom. The minimum absolute atomic E-state index is 0.0366. The number of halogens is 1. The molecule has 28 heavy (non-hydrogen) atoms. The van der Waals surface area contributed by atoms with Gasteiger partial charge in [-0.05, 0) is 29.8 Å². The van der Waals surface area contributed by atoms with Gasteiger partial charge in [0.2, 0.25) is 15.9 Å². The maximum atomic E-state index is 13.0. The van der Waals surface area contributed by atoms with Gasteiger partial charge in [0.1, 0.15) is 6.04 Å². The van der Waals surface area contributed by atoms with Gasteiger partial charge in [-0.25, -0.2) is 8.42 Å². The Morgan fingerprint density at radius 3 is 2.46 bits per heavy atom. The molecule has 1 atom stereocenters. The van der Waals surface area contributed by atoms with E-state index in [0.717, 1.165) is 14.3 Å². The lowest BCUT2D eigenvalue weighted by atomic mass is 10.1. The Hall–Kier alpha value is -2.23. The average molecular weight is 467 g/mol. The van der Waals surface area contributed by atoms with Gasteiger partial charge in [-0.3, -0.25) is 9.59 Å². The van der Waals surface area contributed by atoms with E-state index < -0.39 is 34.4 Å². The highest BCUT2D eigenvalue weighted by Gasteiger charge is 2.42. The summed E-state index contributed by atoms with van der Waals surface area (Å²) in [5.74, 6) is -1.73. The zero-order valence-electron chi connectivity index (χ0n) is 14.9. The normalized spacial score (nSPS) is 18.2. The van der Waals surface area contributed by atoms with Crippen LogP contribution < -0.4 is 0 Å². The second-order valence-corrected chi connectivity index (χ2v) is 9.24. The summed E-state index contributed by atoms with van der Waals surface area (Å²) in [4.78, 5) is 25.9. The highest BCUT2D eigenvalue weighted by molar-refractivity contribution is 9.10. The summed E-state index contributed by atoms with van der Waals surface area (Å²) in [6.07, 6.45) is -0.583. The molecule has 1 aliphatic rings. The van der Waals surface area contributed by atoms with E-state index in [1.54, 1.807) is 18.2 Å². The topological polar surface area (TPSA) is 95.0 Å². The van der Waals surface area contributed by atoms with E-state index in [4.69, 9.17) is 0 Å². The lowest BCUT2D eigenvalue weighted by Gasteiger charge is -2.39. The quantitative estimate of drug-likeness (QED) is 0.704. The van der Waals surface area contributed by atoms with Crippen LogP contribution in [-0.2, 0) is 26.2 Å². The van der Waals surface area contributed by atoms with E-state index in [1.165, 1.54) is 17.0 Å². The standard InChI is InChI=1S/C19H19BrN2O5S/c20-15-6-4-5-14(11-15)13-21-9-10-22(17(19(21)25)12-18(23)24)28(26,27)16-7-2-1-3-8-16/h1-8,11,17H,9-10,12-13H2,(H,23,24). The van der Waals surface area contributed by atoms with Crippen molar-refractivity contribution in [1.29, 1.82) is 0 Å². The Bertz CT molecular complexity index is 981. The SMILES string of the molecule is O=C(O)CC1C(=O)N(Cc2cccc(Br)c2)CCN1S(=O)(=O)c1ccccc1. The van der Waals surface area contributed by atoms with Crippen LogP contribution in [0.1, 0.15) is 12.0 Å². The summed E-state index contributed by atoms with van der Waals surface area (Å²) in [5, 5.41) is 9.25. The van der Waals surface area contributed by atoms with Gasteiger partial charge in [-0.15, -0.1) is 0 Å². The summed E-state index contributed by atoms with van der Waals surface area (Å²) in [5.41, 5.74) is 0.871. The Labute approximate surface area is 171 Å². The van der Waals surface area contributed by atoms with E-state index in [2.05, 4.69) is 15.9 Å². The molecular formula is C19H19BrN2O5S. The number of carboxylic acid groups (broad SMARTS) is 1. The number of sulfonamides is 1. The molecule has 148 valence electrons. The van der Waals surface area contributed by atoms with E-state index in [0.29, 0.717) is 0 Å². The molecule has 1 saturated heterocycles. The number of benzene rings is 2. The van der Waals surface area contributed by atoms with Gasteiger partial charge in [-0.1, -0.05) is 46.3 Å². The minimum Gasteiger partial charge on any atom is -0.481 e. The van der Waals surface area contributed by atoms with Crippen LogP contribution in [0.4, 0.5) is 0 Å². The summed E-state index contributed by atoms with van der Waals surface area (Å²) in [6.45, 7) is 0.510. The molecule has 1 aliphatic heterocycles. The fourth-order valence-electron chi connectivity index (χ4n) is 3.20. The first-order valence-corrected chi connectivity index (χ1v) is 10.8. The number of carboxylic acids is 1. The molecule has 9 heteroatoms. The number of hydrogen-bond donors (Lipinski definition) is 1. The third kappa shape index (κ3) is 4.43. The Morgan fingerprint density at radius 1 is 1.11 bits per heavy atom. The van der Waals surface area contributed by atoms with Gasteiger partial charge < -0.3 is 10.0 Å². The lowest BCUT2D eigenvalue weighted by molar-refractivity contribution is -0.147. The molecule has 0 aliphatic carbocycles. The van der Waals surface area contributed by atoms with Crippen molar-refractivity contribution < 1.29 is 23.1 Å². The molecule has 2 aromatic carbocycles. The van der Waals surface area contributed by atoms with Crippen LogP contribution in [0.2, 0.25) is 0 Å². The first kappa shape index (κ1) is 20.5. The molecule has 1 amide bonds. The van der Waals surface area contributed by atoms with Gasteiger partial charge in [0.25, 0.3) is 0 Å². The highest BCUT2D eigenvalue weighted by atomic mass is 79.9. The number of amides is 1. The predicted molar refractivity (Wildman–Crippen MR) is 106 cm³/mol. The Kier molecular flexibility index (Phi) is 6.17. The van der Waals surface area contributed by atoms with Crippen molar-refractivity contribution >= 4 is 37.8 Å². The third-order valence-electron chi connectivity index (χ3n) is 4.51. The van der Waals surface area contributed by atoms with Crippen molar-refractivity contribution in [2.45, 2.75) is 23.9 Å². The van der Waals surface area contributed by atoms with Crippen molar-refractivity contribution in [3.8, 4) is 0 Å². The van der Waals surface area contributed by atoms with E-state index in [9.17, 15) is 23.1 Å². The molecule has 0 aromatic heterocycles. The molecule has 1 fully saturated rings. The van der Waals surface area contributed by atoms with Crippen molar-refractivity contribution in [2.75, 3.05) is 13.1 Å². The highest BCUT2D eigenvalue weighted by Crippen LogP contribution is 2.25. The molecule has 1 N–H and O–H groups in total. The first-order chi connectivity index (χ1) is 13.3.